The molecule has 21 heavy (non-hydrogen) atoms. The first-order chi connectivity index (χ1) is 9.94. The second-order valence-corrected chi connectivity index (χ2v) is 5.79. The third kappa shape index (κ3) is 2.64. The van der Waals surface area contributed by atoms with Crippen LogP contribution in [-0.2, 0) is 18.3 Å². The maximum atomic E-state index is 11.8. The molecular formula is C13H20N5O3+. The molecule has 0 saturated carbocycles. The van der Waals surface area contributed by atoms with Gasteiger partial charge < -0.3 is 14.6 Å². The van der Waals surface area contributed by atoms with Crippen LogP contribution in [0.4, 0.5) is 0 Å². The highest BCUT2D eigenvalue weighted by molar-refractivity contribution is 5.69. The summed E-state index contributed by atoms with van der Waals surface area (Å²) in [6.45, 7) is 6.60. The molecule has 3 rings (SSSR count). The molecular weight excluding hydrogens is 274 g/mol. The number of imidazole rings is 1. The van der Waals surface area contributed by atoms with Crippen molar-refractivity contribution in [2.45, 2.75) is 32.6 Å². The zero-order valence-corrected chi connectivity index (χ0v) is 12.4. The van der Waals surface area contributed by atoms with Gasteiger partial charge in [0.25, 0.3) is 5.56 Å². The highest BCUT2D eigenvalue weighted by atomic mass is 16.5. The normalized spacial score (nSPS) is 26.3. The van der Waals surface area contributed by atoms with E-state index in [1.54, 1.807) is 7.05 Å². The Morgan fingerprint density at radius 1 is 1.29 bits per heavy atom. The van der Waals surface area contributed by atoms with Crippen molar-refractivity contribution in [2.75, 3.05) is 13.1 Å². The molecule has 8 heteroatoms. The summed E-state index contributed by atoms with van der Waals surface area (Å²) in [6, 6.07) is 0. The van der Waals surface area contributed by atoms with Gasteiger partial charge in [-0.15, -0.1) is 0 Å². The summed E-state index contributed by atoms with van der Waals surface area (Å²) in [6.07, 6.45) is 0.418. The lowest BCUT2D eigenvalue weighted by atomic mass is 10.2. The van der Waals surface area contributed by atoms with Crippen molar-refractivity contribution in [3.05, 3.63) is 26.7 Å². The largest absolute Gasteiger partial charge is 0.364 e. The van der Waals surface area contributed by atoms with Gasteiger partial charge in [-0.25, -0.2) is 9.78 Å². The molecule has 1 aliphatic heterocycles. The lowest BCUT2D eigenvalue weighted by Gasteiger charge is -2.31. The Morgan fingerprint density at radius 2 is 1.95 bits per heavy atom. The van der Waals surface area contributed by atoms with Gasteiger partial charge in [0.05, 0.1) is 0 Å². The zero-order valence-electron chi connectivity index (χ0n) is 12.4. The lowest BCUT2D eigenvalue weighted by Crippen LogP contribution is -3.14. The van der Waals surface area contributed by atoms with Crippen LogP contribution in [0.25, 0.3) is 11.2 Å². The fourth-order valence-electron chi connectivity index (χ4n) is 3.01. The molecule has 1 fully saturated rings. The molecule has 0 spiro atoms. The van der Waals surface area contributed by atoms with Gasteiger partial charge in [-0.1, -0.05) is 0 Å². The predicted octanol–water partition coefficient (Wildman–Crippen LogP) is -1.86. The second kappa shape index (κ2) is 5.12. The number of aromatic amines is 2. The quantitative estimate of drug-likeness (QED) is 0.605. The molecule has 0 bridgehead atoms. The summed E-state index contributed by atoms with van der Waals surface area (Å²) in [5.41, 5.74) is -0.134. The number of hydrogen-bond acceptors (Lipinski definition) is 4. The van der Waals surface area contributed by atoms with E-state index in [1.807, 2.05) is 0 Å². The summed E-state index contributed by atoms with van der Waals surface area (Å²) < 4.78 is 7.06. The van der Waals surface area contributed by atoms with Crippen molar-refractivity contribution in [1.82, 2.24) is 19.5 Å². The summed E-state index contributed by atoms with van der Waals surface area (Å²) in [7, 11) is 1.59. The average molecular weight is 294 g/mol. The third-order valence-electron chi connectivity index (χ3n) is 3.84. The van der Waals surface area contributed by atoms with Crippen LogP contribution in [0.5, 0.6) is 0 Å². The first kappa shape index (κ1) is 14.0. The number of nitrogens with zero attached hydrogens (tertiary/aromatic N) is 2. The molecule has 0 radical (unpaired) electrons. The van der Waals surface area contributed by atoms with E-state index in [-0.39, 0.29) is 12.2 Å². The standard InChI is InChI=1S/C13H19N5O3/c1-7-4-18(5-8(2)21-7)6-9-14-10-11(15-9)17(3)13(20)16-12(10)19/h7-8H,4-6H2,1-3H3,(H,14,15)(H,16,19,20)/p+1/t7-,8-/m0/s1. The highest BCUT2D eigenvalue weighted by Crippen LogP contribution is 2.04. The van der Waals surface area contributed by atoms with Crippen LogP contribution in [0.3, 0.4) is 0 Å². The van der Waals surface area contributed by atoms with E-state index < -0.39 is 11.2 Å². The minimum Gasteiger partial charge on any atom is -0.364 e. The summed E-state index contributed by atoms with van der Waals surface area (Å²) in [5, 5.41) is 0. The Morgan fingerprint density at radius 3 is 2.62 bits per heavy atom. The second-order valence-electron chi connectivity index (χ2n) is 5.79. The van der Waals surface area contributed by atoms with Crippen LogP contribution in [0.2, 0.25) is 0 Å². The summed E-state index contributed by atoms with van der Waals surface area (Å²) >= 11 is 0. The van der Waals surface area contributed by atoms with Crippen molar-refractivity contribution in [3.63, 3.8) is 0 Å². The van der Waals surface area contributed by atoms with Gasteiger partial charge in [-0.05, 0) is 13.8 Å². The monoisotopic (exact) mass is 294 g/mol. The number of hydrogen-bond donors (Lipinski definition) is 3. The number of ether oxygens (including phenoxy) is 1. The fraction of sp³-hybridized carbons (Fsp3) is 0.615. The molecule has 2 aromatic rings. The number of H-pyrrole nitrogens is 2. The van der Waals surface area contributed by atoms with Gasteiger partial charge >= 0.3 is 5.69 Å². The van der Waals surface area contributed by atoms with Crippen molar-refractivity contribution < 1.29 is 9.64 Å². The van der Waals surface area contributed by atoms with E-state index >= 15 is 0 Å². The van der Waals surface area contributed by atoms with Crippen LogP contribution in [0, 0.1) is 0 Å². The van der Waals surface area contributed by atoms with Gasteiger partial charge in [-0.3, -0.25) is 14.3 Å². The zero-order chi connectivity index (χ0) is 15.1. The van der Waals surface area contributed by atoms with Gasteiger partial charge in [0.2, 0.25) is 0 Å². The van der Waals surface area contributed by atoms with E-state index in [0.29, 0.717) is 23.5 Å². The highest BCUT2D eigenvalue weighted by Gasteiger charge is 2.26. The van der Waals surface area contributed by atoms with E-state index in [4.69, 9.17) is 4.74 Å². The van der Waals surface area contributed by atoms with Crippen molar-refractivity contribution >= 4 is 11.2 Å². The summed E-state index contributed by atoms with van der Waals surface area (Å²) in [5.74, 6) is 0.716. The van der Waals surface area contributed by atoms with Gasteiger partial charge in [0.1, 0.15) is 37.4 Å². The van der Waals surface area contributed by atoms with E-state index in [2.05, 4.69) is 28.8 Å². The molecule has 2 aromatic heterocycles. The maximum absolute atomic E-state index is 11.8. The number of aromatic nitrogens is 4. The molecule has 0 aliphatic carbocycles. The van der Waals surface area contributed by atoms with Crippen LogP contribution >= 0.6 is 0 Å². The molecule has 0 aromatic carbocycles. The van der Waals surface area contributed by atoms with Crippen molar-refractivity contribution in [1.29, 1.82) is 0 Å². The predicted molar refractivity (Wildman–Crippen MR) is 76.4 cm³/mol. The number of rotatable bonds is 2. The number of aryl methyl sites for hydroxylation is 1. The van der Waals surface area contributed by atoms with Crippen molar-refractivity contribution in [2.24, 2.45) is 7.05 Å². The lowest BCUT2D eigenvalue weighted by molar-refractivity contribution is -0.928. The molecule has 114 valence electrons. The first-order valence-corrected chi connectivity index (χ1v) is 7.11. The molecule has 0 amide bonds. The molecule has 1 saturated heterocycles. The van der Waals surface area contributed by atoms with E-state index in [0.717, 1.165) is 13.1 Å². The summed E-state index contributed by atoms with van der Waals surface area (Å²) in [4.78, 5) is 34.4. The van der Waals surface area contributed by atoms with Gasteiger partial charge in [0, 0.05) is 7.05 Å². The number of fused-ring (bicyclic) bond motifs is 1. The molecule has 3 heterocycles. The maximum Gasteiger partial charge on any atom is 0.329 e. The Hall–Kier alpha value is -1.93. The van der Waals surface area contributed by atoms with Crippen LogP contribution in [0.15, 0.2) is 9.59 Å². The SMILES string of the molecule is C[C@H]1C[NH+](Cc2nc3c([nH]2)c(=O)[nH]c(=O)n3C)C[C@H](C)O1. The van der Waals surface area contributed by atoms with Crippen LogP contribution < -0.4 is 16.1 Å². The number of morpholine rings is 1. The Bertz CT molecular complexity index is 764. The average Bonchev–Trinajstić information content (AvgIpc) is 2.79. The molecule has 3 N–H and O–H groups in total. The number of nitrogens with one attached hydrogen (secondary N) is 3. The Kier molecular flexibility index (Phi) is 3.42. The first-order valence-electron chi connectivity index (χ1n) is 7.11. The van der Waals surface area contributed by atoms with E-state index in [9.17, 15) is 9.59 Å². The third-order valence-corrected chi connectivity index (χ3v) is 3.84. The minimum atomic E-state index is -0.452. The fourth-order valence-corrected chi connectivity index (χ4v) is 3.01. The molecule has 2 atom stereocenters. The van der Waals surface area contributed by atoms with Gasteiger partial charge in [0.15, 0.2) is 11.5 Å². The minimum absolute atomic E-state index is 0.209. The van der Waals surface area contributed by atoms with Crippen LogP contribution in [0.1, 0.15) is 19.7 Å². The van der Waals surface area contributed by atoms with Crippen LogP contribution in [-0.4, -0.2) is 44.8 Å². The Balaban J connectivity index is 1.92. The van der Waals surface area contributed by atoms with E-state index in [1.165, 1.54) is 9.47 Å². The molecule has 1 aliphatic rings. The number of quaternary nitrogens is 1. The van der Waals surface area contributed by atoms with Crippen molar-refractivity contribution in [3.8, 4) is 0 Å². The molecule has 8 nitrogen and oxygen atoms in total. The topological polar surface area (TPSA) is 97.2 Å². The Labute approximate surface area is 120 Å². The van der Waals surface area contributed by atoms with Gasteiger partial charge in [-0.2, -0.15) is 0 Å². The smallest absolute Gasteiger partial charge is 0.329 e. The molecule has 0 unspecified atom stereocenters.